The molecule has 0 spiro atoms. The third-order valence-electron chi connectivity index (χ3n) is 2.36. The van der Waals surface area contributed by atoms with Gasteiger partial charge in [0.05, 0.1) is 4.47 Å². The normalized spacial score (nSPS) is 10.4. The maximum atomic E-state index is 13.6. The largest absolute Gasteiger partial charge is 0.481 e. The summed E-state index contributed by atoms with van der Waals surface area (Å²) in [5, 5.41) is 0. The molecular formula is C12H11BrF2N4O. The van der Waals surface area contributed by atoms with Crippen LogP contribution >= 0.6 is 15.9 Å². The van der Waals surface area contributed by atoms with Gasteiger partial charge in [0.25, 0.3) is 0 Å². The average Bonchev–Trinajstić information content (AvgIpc) is 2.36. The molecule has 8 heteroatoms. The molecule has 2 aromatic rings. The van der Waals surface area contributed by atoms with Gasteiger partial charge in [-0.1, -0.05) is 0 Å². The summed E-state index contributed by atoms with van der Waals surface area (Å²) in [4.78, 5) is 8.19. The van der Waals surface area contributed by atoms with Crippen LogP contribution in [0.1, 0.15) is 11.5 Å². The lowest BCUT2D eigenvalue weighted by Crippen LogP contribution is -2.12. The van der Waals surface area contributed by atoms with Crippen molar-refractivity contribution in [3.63, 3.8) is 0 Å². The number of benzene rings is 1. The highest BCUT2D eigenvalue weighted by Crippen LogP contribution is 2.29. The van der Waals surface area contributed by atoms with E-state index in [0.717, 1.165) is 12.1 Å². The summed E-state index contributed by atoms with van der Waals surface area (Å²) in [6.07, 6.45) is 0. The van der Waals surface area contributed by atoms with Gasteiger partial charge in [-0.3, -0.25) is 0 Å². The van der Waals surface area contributed by atoms with Gasteiger partial charge in [0, 0.05) is 17.8 Å². The Morgan fingerprint density at radius 2 is 2.05 bits per heavy atom. The highest BCUT2D eigenvalue weighted by molar-refractivity contribution is 9.10. The summed E-state index contributed by atoms with van der Waals surface area (Å²) in [6, 6.07) is 3.50. The Morgan fingerprint density at radius 3 is 2.70 bits per heavy atom. The first kappa shape index (κ1) is 14.6. The molecule has 0 saturated heterocycles. The van der Waals surface area contributed by atoms with Crippen LogP contribution in [0, 0.1) is 18.6 Å². The van der Waals surface area contributed by atoms with Gasteiger partial charge < -0.3 is 10.2 Å². The highest BCUT2D eigenvalue weighted by Gasteiger charge is 2.12. The van der Waals surface area contributed by atoms with Gasteiger partial charge in [-0.25, -0.2) is 24.6 Å². The summed E-state index contributed by atoms with van der Waals surface area (Å²) in [5.41, 5.74) is 3.08. The van der Waals surface area contributed by atoms with Gasteiger partial charge >= 0.3 is 0 Å². The molecule has 0 saturated carbocycles. The summed E-state index contributed by atoms with van der Waals surface area (Å²) in [7, 11) is 0. The molecule has 0 aliphatic carbocycles. The molecule has 0 atom stereocenters. The Hall–Kier alpha value is -1.80. The molecule has 0 aliphatic heterocycles. The molecule has 1 aromatic heterocycles. The molecule has 20 heavy (non-hydrogen) atoms. The van der Waals surface area contributed by atoms with E-state index in [9.17, 15) is 8.78 Å². The van der Waals surface area contributed by atoms with Crippen molar-refractivity contribution in [2.45, 2.75) is 13.5 Å². The predicted molar refractivity (Wildman–Crippen MR) is 73.0 cm³/mol. The first-order chi connectivity index (χ1) is 9.49. The number of hydrazine groups is 1. The molecule has 0 bridgehead atoms. The number of nitrogens with two attached hydrogens (primary N) is 1. The van der Waals surface area contributed by atoms with Crippen LogP contribution in [0.5, 0.6) is 5.75 Å². The van der Waals surface area contributed by atoms with E-state index in [1.54, 1.807) is 13.0 Å². The van der Waals surface area contributed by atoms with Gasteiger partial charge in [-0.05, 0) is 28.9 Å². The summed E-state index contributed by atoms with van der Waals surface area (Å²) in [6.45, 7) is 1.69. The molecule has 5 nitrogen and oxygen atoms in total. The lowest BCUT2D eigenvalue weighted by atomic mass is 10.3. The van der Waals surface area contributed by atoms with Crippen LogP contribution < -0.4 is 16.0 Å². The number of halogens is 3. The molecule has 0 fully saturated rings. The molecule has 0 radical (unpaired) electrons. The van der Waals surface area contributed by atoms with Crippen molar-refractivity contribution in [2.75, 3.05) is 5.43 Å². The quantitative estimate of drug-likeness (QED) is 0.659. The van der Waals surface area contributed by atoms with Crippen LogP contribution in [-0.4, -0.2) is 9.97 Å². The summed E-state index contributed by atoms with van der Waals surface area (Å²) < 4.78 is 32.0. The summed E-state index contributed by atoms with van der Waals surface area (Å²) in [5.74, 6) is 4.43. The number of nitrogen functional groups attached to an aromatic ring is 1. The van der Waals surface area contributed by atoms with Crippen molar-refractivity contribution in [1.29, 1.82) is 0 Å². The van der Waals surface area contributed by atoms with Crippen molar-refractivity contribution in [3.8, 4) is 5.75 Å². The zero-order chi connectivity index (χ0) is 14.7. The van der Waals surface area contributed by atoms with E-state index < -0.39 is 11.6 Å². The lowest BCUT2D eigenvalue weighted by Gasteiger charge is -2.10. The molecule has 1 aromatic carbocycles. The van der Waals surface area contributed by atoms with E-state index >= 15 is 0 Å². The highest BCUT2D eigenvalue weighted by atomic mass is 79.9. The molecule has 0 unspecified atom stereocenters. The zero-order valence-electron chi connectivity index (χ0n) is 10.5. The second-order valence-corrected chi connectivity index (χ2v) is 4.80. The van der Waals surface area contributed by atoms with Gasteiger partial charge in [0.15, 0.2) is 17.4 Å². The molecule has 0 aliphatic rings. The van der Waals surface area contributed by atoms with E-state index in [1.807, 2.05) is 0 Å². The van der Waals surface area contributed by atoms with Crippen LogP contribution in [0.15, 0.2) is 22.7 Å². The SMILES string of the molecule is Cc1cc(NN)nc(COc2c(F)cc(F)cc2Br)n1. The number of anilines is 1. The number of rotatable bonds is 4. The number of nitrogens with one attached hydrogen (secondary N) is 1. The van der Waals surface area contributed by atoms with Gasteiger partial charge in [-0.15, -0.1) is 0 Å². The smallest absolute Gasteiger partial charge is 0.169 e. The minimum atomic E-state index is -0.804. The average molecular weight is 345 g/mol. The first-order valence-electron chi connectivity index (χ1n) is 5.58. The second-order valence-electron chi connectivity index (χ2n) is 3.94. The van der Waals surface area contributed by atoms with Crippen molar-refractivity contribution < 1.29 is 13.5 Å². The number of hydrogen-bond acceptors (Lipinski definition) is 5. The number of ether oxygens (including phenoxy) is 1. The third-order valence-corrected chi connectivity index (χ3v) is 2.95. The maximum Gasteiger partial charge on any atom is 0.169 e. The van der Waals surface area contributed by atoms with Gasteiger partial charge in [0.1, 0.15) is 18.2 Å². The predicted octanol–water partition coefficient (Wildman–Crippen LogP) is 2.69. The summed E-state index contributed by atoms with van der Waals surface area (Å²) >= 11 is 3.04. The number of hydrogen-bond donors (Lipinski definition) is 2. The molecular weight excluding hydrogens is 334 g/mol. The Morgan fingerprint density at radius 1 is 1.30 bits per heavy atom. The Balaban J connectivity index is 2.19. The fraction of sp³-hybridized carbons (Fsp3) is 0.167. The monoisotopic (exact) mass is 344 g/mol. The Kier molecular flexibility index (Phi) is 4.46. The lowest BCUT2D eigenvalue weighted by molar-refractivity contribution is 0.278. The van der Waals surface area contributed by atoms with E-state index in [2.05, 4.69) is 31.3 Å². The standard InChI is InChI=1S/C12H11BrF2N4O/c1-6-2-10(19-16)18-11(17-6)5-20-12-8(13)3-7(14)4-9(12)15/h2-4H,5,16H2,1H3,(H,17,18,19). The fourth-order valence-corrected chi connectivity index (χ4v) is 2.09. The Labute approximate surface area is 122 Å². The van der Waals surface area contributed by atoms with Crippen LogP contribution in [-0.2, 0) is 6.61 Å². The zero-order valence-corrected chi connectivity index (χ0v) is 12.0. The topological polar surface area (TPSA) is 73.1 Å². The van der Waals surface area contributed by atoms with E-state index in [4.69, 9.17) is 10.6 Å². The van der Waals surface area contributed by atoms with Gasteiger partial charge in [0.2, 0.25) is 0 Å². The van der Waals surface area contributed by atoms with Crippen molar-refractivity contribution in [3.05, 3.63) is 45.8 Å². The minimum absolute atomic E-state index is 0.0719. The fourth-order valence-electron chi connectivity index (χ4n) is 1.57. The molecule has 106 valence electrons. The molecule has 3 N–H and O–H groups in total. The van der Waals surface area contributed by atoms with E-state index in [-0.39, 0.29) is 16.8 Å². The molecule has 1 heterocycles. The van der Waals surface area contributed by atoms with Crippen molar-refractivity contribution >= 4 is 21.7 Å². The van der Waals surface area contributed by atoms with Crippen LogP contribution in [0.2, 0.25) is 0 Å². The third kappa shape index (κ3) is 3.40. The maximum absolute atomic E-state index is 13.6. The number of aromatic nitrogens is 2. The van der Waals surface area contributed by atoms with Crippen molar-refractivity contribution in [1.82, 2.24) is 9.97 Å². The second kappa shape index (κ2) is 6.10. The van der Waals surface area contributed by atoms with Gasteiger partial charge in [-0.2, -0.15) is 0 Å². The Bertz CT molecular complexity index is 616. The van der Waals surface area contributed by atoms with Crippen LogP contribution in [0.25, 0.3) is 0 Å². The minimum Gasteiger partial charge on any atom is -0.481 e. The first-order valence-corrected chi connectivity index (χ1v) is 6.37. The van der Waals surface area contributed by atoms with Crippen LogP contribution in [0.3, 0.4) is 0 Å². The molecule has 0 amide bonds. The van der Waals surface area contributed by atoms with E-state index in [0.29, 0.717) is 17.3 Å². The molecule has 2 rings (SSSR count). The van der Waals surface area contributed by atoms with Crippen LogP contribution in [0.4, 0.5) is 14.6 Å². The van der Waals surface area contributed by atoms with Crippen molar-refractivity contribution in [2.24, 2.45) is 5.84 Å². The van der Waals surface area contributed by atoms with E-state index in [1.165, 1.54) is 0 Å². The number of nitrogens with zero attached hydrogens (tertiary/aromatic N) is 2. The number of aryl methyl sites for hydroxylation is 1.